The summed E-state index contributed by atoms with van der Waals surface area (Å²) in [5.74, 6) is -2.96. The fraction of sp³-hybridized carbons (Fsp3) is 0.811. The van der Waals surface area contributed by atoms with Crippen LogP contribution in [-0.4, -0.2) is 193 Å². The summed E-state index contributed by atoms with van der Waals surface area (Å²) in [6, 6.07) is -0.800. The normalized spacial score (nSPS) is 41.0. The van der Waals surface area contributed by atoms with Crippen LogP contribution < -0.4 is 16.0 Å². The van der Waals surface area contributed by atoms with Crippen molar-refractivity contribution in [2.75, 3.05) is 61.0 Å². The Morgan fingerprint density at radius 3 is 2.35 bits per heavy atom. The summed E-state index contributed by atoms with van der Waals surface area (Å²) in [4.78, 5) is 31.8. The van der Waals surface area contributed by atoms with Crippen molar-refractivity contribution in [3.63, 3.8) is 0 Å². The van der Waals surface area contributed by atoms with Crippen molar-refractivity contribution < 1.29 is 63.2 Å². The number of aliphatic hydroxyl groups excluding tert-OH is 2. The van der Waals surface area contributed by atoms with Crippen LogP contribution in [0.1, 0.15) is 108 Å². The highest BCUT2D eigenvalue weighted by Crippen LogP contribution is 2.40. The number of methoxy groups -OCH3 is 1. The van der Waals surface area contributed by atoms with Crippen LogP contribution in [0.25, 0.3) is 0 Å². The van der Waals surface area contributed by atoms with Gasteiger partial charge in [0.1, 0.15) is 30.0 Å². The lowest BCUT2D eigenvalue weighted by Crippen LogP contribution is -2.61. The lowest BCUT2D eigenvalue weighted by molar-refractivity contribution is -0.321. The van der Waals surface area contributed by atoms with Crippen molar-refractivity contribution in [3.8, 4) is 0 Å². The molecule has 4 heterocycles. The van der Waals surface area contributed by atoms with Crippen LogP contribution in [0, 0.1) is 17.8 Å². The van der Waals surface area contributed by atoms with Gasteiger partial charge in [-0.3, -0.25) is 9.59 Å². The maximum atomic E-state index is 14.6. The molecule has 7 N–H and O–H groups in total. The monoisotopic (exact) mass is 1040 g/mol. The molecule has 0 aromatic rings. The fourth-order valence-corrected chi connectivity index (χ4v) is 10.9. The van der Waals surface area contributed by atoms with Gasteiger partial charge in [-0.15, -0.1) is 0 Å². The van der Waals surface area contributed by atoms with Gasteiger partial charge in [-0.2, -0.15) is 0 Å². The first-order valence-corrected chi connectivity index (χ1v) is 26.3. The van der Waals surface area contributed by atoms with E-state index in [0.717, 1.165) is 17.0 Å². The molecule has 4 aliphatic heterocycles. The highest BCUT2D eigenvalue weighted by atomic mass is 35.5. The zero-order valence-corrected chi connectivity index (χ0v) is 46.7. The number of carbonyl (C=O) groups excluding carboxylic acids is 2. The number of carbonyl (C=O) groups is 2. The number of halogens is 1. The zero-order valence-electron chi connectivity index (χ0n) is 45.9. The Kier molecular flexibility index (Phi) is 23.1. The minimum atomic E-state index is -1.84. The molecule has 414 valence electrons. The first-order valence-electron chi connectivity index (χ1n) is 25.9. The minimum absolute atomic E-state index is 0.0435. The summed E-state index contributed by atoms with van der Waals surface area (Å²) in [5.41, 5.74) is -1.98. The van der Waals surface area contributed by atoms with Gasteiger partial charge in [-0.1, -0.05) is 39.0 Å². The van der Waals surface area contributed by atoms with E-state index in [2.05, 4.69) is 22.5 Å². The second-order valence-corrected chi connectivity index (χ2v) is 22.4. The van der Waals surface area contributed by atoms with Gasteiger partial charge in [0.2, 0.25) is 5.91 Å². The van der Waals surface area contributed by atoms with E-state index in [-0.39, 0.29) is 56.3 Å². The Hall–Kier alpha value is -2.69. The van der Waals surface area contributed by atoms with E-state index >= 15 is 0 Å². The molecule has 0 aliphatic carbocycles. The third kappa shape index (κ3) is 15.9. The van der Waals surface area contributed by atoms with Crippen molar-refractivity contribution in [1.29, 1.82) is 0 Å². The molecule has 3 fully saturated rings. The van der Waals surface area contributed by atoms with E-state index in [4.69, 9.17) is 44.8 Å². The van der Waals surface area contributed by atoms with Crippen LogP contribution in [0.5, 0.6) is 0 Å². The number of nitrogens with one attached hydrogen (secondary N) is 3. The summed E-state index contributed by atoms with van der Waals surface area (Å²) >= 11 is 6.08. The number of rotatable bonds is 16. The second kappa shape index (κ2) is 26.9. The summed E-state index contributed by atoms with van der Waals surface area (Å²) in [6.07, 6.45) is -2.47. The predicted molar refractivity (Wildman–Crippen MR) is 276 cm³/mol. The van der Waals surface area contributed by atoms with E-state index in [1.165, 1.54) is 14.0 Å². The number of nitrogens with zero attached hydrogens (tertiary/aromatic N) is 2. The summed E-state index contributed by atoms with van der Waals surface area (Å²) in [7, 11) is 7.25. The Bertz CT molecular complexity index is 1880. The first-order chi connectivity index (χ1) is 33.6. The van der Waals surface area contributed by atoms with Gasteiger partial charge >= 0.3 is 5.97 Å². The Morgan fingerprint density at radius 1 is 1.04 bits per heavy atom. The van der Waals surface area contributed by atoms with Crippen molar-refractivity contribution in [3.05, 3.63) is 46.8 Å². The number of allylic oxidation sites excluding steroid dienone is 3. The van der Waals surface area contributed by atoms with Crippen molar-refractivity contribution in [1.82, 2.24) is 25.8 Å². The van der Waals surface area contributed by atoms with Crippen LogP contribution in [0.3, 0.4) is 0 Å². The number of cyclic esters (lactones) is 1. The highest BCUT2D eigenvalue weighted by Gasteiger charge is 2.53. The molecule has 4 rings (SSSR count). The molecule has 0 aromatic carbocycles. The number of ether oxygens (including phenoxy) is 7. The first kappa shape index (κ1) is 61.9. The zero-order chi connectivity index (χ0) is 54.0. The molecule has 0 radical (unpaired) electrons. The van der Waals surface area contributed by atoms with E-state index in [9.17, 15) is 30.0 Å². The molecular weight excluding hydrogens is 950 g/mol. The summed E-state index contributed by atoms with van der Waals surface area (Å²) in [5, 5.41) is 57.9. The van der Waals surface area contributed by atoms with Gasteiger partial charge < -0.3 is 79.3 Å². The largest absolute Gasteiger partial charge is 0.459 e. The number of hydrogen-bond donors (Lipinski definition) is 7. The maximum absolute atomic E-state index is 14.6. The molecule has 0 unspecified atom stereocenters. The van der Waals surface area contributed by atoms with Crippen molar-refractivity contribution in [2.24, 2.45) is 17.8 Å². The molecule has 0 bridgehead atoms. The Labute approximate surface area is 435 Å². The van der Waals surface area contributed by atoms with Crippen LogP contribution in [0.2, 0.25) is 0 Å². The smallest absolute Gasteiger partial charge is 0.311 e. The molecular formula is C53H92ClN5O13. The number of hydrogen-bond acceptors (Lipinski definition) is 17. The Balaban J connectivity index is 1.67. The molecule has 3 saturated heterocycles. The molecule has 1 amide bonds. The van der Waals surface area contributed by atoms with E-state index in [0.29, 0.717) is 37.6 Å². The van der Waals surface area contributed by atoms with Gasteiger partial charge in [-0.05, 0) is 120 Å². The maximum Gasteiger partial charge on any atom is 0.311 e. The van der Waals surface area contributed by atoms with Gasteiger partial charge in [0.25, 0.3) is 0 Å². The summed E-state index contributed by atoms with van der Waals surface area (Å²) < 4.78 is 45.5. The molecule has 0 aromatic heterocycles. The standard InChI is InChI=1S/C53H92ClN5O13/c1-17-41-53(12,65)46(61)36(8)59(15)29-30(2)27-51(10,64)48(33(5)44(34(6)49(63)70-41)71-43-28-52(11,66-16)47(62)37(9)69-43)72-50-45(40(58(13)14)26-32(4)68-50)67-25-21-42(60)57-24-23-56-39-20-22-55-35(7)38(39)19-18-31(3)54/h18-20,30,32-34,36-37,40-41,43-48,50,55-56,61-62,64-65H,7,17,21-29H2,1-6,8-16H3,(H,57,60)/b31-18+,38-19+/t30-,32-,33+,34-,36-,37+,40+,41-,43+,44+,45-,46-,47+,48-,50+,51-,52-,53-/m1/s1. The van der Waals surface area contributed by atoms with Crippen LogP contribution in [0.4, 0.5) is 0 Å². The molecule has 4 aliphatic rings. The van der Waals surface area contributed by atoms with Crippen molar-refractivity contribution in [2.45, 2.75) is 199 Å². The van der Waals surface area contributed by atoms with E-state index in [1.807, 2.05) is 63.9 Å². The molecule has 72 heavy (non-hydrogen) atoms. The SMILES string of the molecule is C=C1NCC=C(NCCNC(=O)CCO[C@H]2[C@H](O[C@@H]3[C@@H](C)[C@H](O[C@H]4C[C@@](C)(OC)[C@@H](O)[C@H](C)O4)[C@@H](C)C(=O)O[C@H](CC)[C@@](C)(O)[C@H](O)[C@@H](C)N(C)C[C@H](C)C[C@@]3(C)O)O[C@H](C)C[C@@H]2N(C)C)/C1=C/C=C(\C)Cl. The molecule has 0 saturated carbocycles. The number of likely N-dealkylation sites (N-methyl/N-ethyl adjacent to an activating group) is 2. The highest BCUT2D eigenvalue weighted by molar-refractivity contribution is 6.29. The predicted octanol–water partition coefficient (Wildman–Crippen LogP) is 4.09. The van der Waals surface area contributed by atoms with Gasteiger partial charge in [0.15, 0.2) is 12.6 Å². The number of amides is 1. The lowest BCUT2D eigenvalue weighted by atomic mass is 9.77. The minimum Gasteiger partial charge on any atom is -0.459 e. The van der Waals surface area contributed by atoms with E-state index < -0.39 is 96.0 Å². The average molecular weight is 1040 g/mol. The van der Waals surface area contributed by atoms with Gasteiger partial charge in [-0.25, -0.2) is 0 Å². The third-order valence-corrected chi connectivity index (χ3v) is 15.4. The van der Waals surface area contributed by atoms with Gasteiger partial charge in [0, 0.05) is 86.1 Å². The van der Waals surface area contributed by atoms with Crippen LogP contribution >= 0.6 is 11.6 Å². The van der Waals surface area contributed by atoms with E-state index in [1.54, 1.807) is 54.5 Å². The average Bonchev–Trinajstić information content (AvgIpc) is 3.30. The fourth-order valence-electron chi connectivity index (χ4n) is 10.9. The van der Waals surface area contributed by atoms with Gasteiger partial charge in [0.05, 0.1) is 48.1 Å². The number of esters is 1. The topological polar surface area (TPSA) is 222 Å². The second-order valence-electron chi connectivity index (χ2n) is 21.8. The lowest BCUT2D eigenvalue weighted by Gasteiger charge is -2.49. The van der Waals surface area contributed by atoms with Crippen LogP contribution in [0.15, 0.2) is 46.8 Å². The molecule has 18 nitrogen and oxygen atoms in total. The quantitative estimate of drug-likeness (QED) is 0.0855. The van der Waals surface area contributed by atoms with Crippen LogP contribution in [-0.2, 0) is 42.7 Å². The Morgan fingerprint density at radius 2 is 1.72 bits per heavy atom. The molecule has 18 atom stereocenters. The molecule has 19 heteroatoms. The van der Waals surface area contributed by atoms with Crippen molar-refractivity contribution >= 4 is 23.5 Å². The third-order valence-electron chi connectivity index (χ3n) is 15.3. The molecule has 0 spiro atoms. The number of aliphatic hydroxyl groups is 4. The summed E-state index contributed by atoms with van der Waals surface area (Å²) in [6.45, 7) is 25.5.